The van der Waals surface area contributed by atoms with Crippen LogP contribution in [0.15, 0.2) is 48.5 Å². The summed E-state index contributed by atoms with van der Waals surface area (Å²) in [7, 11) is 0. The van der Waals surface area contributed by atoms with Crippen molar-refractivity contribution in [1.29, 1.82) is 0 Å². The Morgan fingerprint density at radius 1 is 1.19 bits per heavy atom. The van der Waals surface area contributed by atoms with E-state index < -0.39 is 0 Å². The molecule has 0 aliphatic carbocycles. The van der Waals surface area contributed by atoms with Gasteiger partial charge in [0.2, 0.25) is 5.95 Å². The van der Waals surface area contributed by atoms with Crippen molar-refractivity contribution in [2.24, 2.45) is 0 Å². The number of rotatable bonds is 4. The second-order valence-corrected chi connectivity index (χ2v) is 4.79. The van der Waals surface area contributed by atoms with E-state index in [9.17, 15) is 10.1 Å². The Hall–Kier alpha value is -2.89. The number of nitrogen functional groups attached to an aromatic ring is 1. The fraction of sp³-hybridized carbons (Fsp3) is 0.133. The fourth-order valence-electron chi connectivity index (χ4n) is 2.40. The largest absolute Gasteiger partial charge is 0.369 e. The van der Waals surface area contributed by atoms with Gasteiger partial charge in [-0.1, -0.05) is 24.3 Å². The minimum absolute atomic E-state index is 0.107. The van der Waals surface area contributed by atoms with E-state index in [1.54, 1.807) is 12.1 Å². The molecule has 0 spiro atoms. The Kier molecular flexibility index (Phi) is 3.27. The predicted molar refractivity (Wildman–Crippen MR) is 80.9 cm³/mol. The van der Waals surface area contributed by atoms with Crippen LogP contribution in [0, 0.1) is 10.1 Å². The number of hydrogen-bond acceptors (Lipinski definition) is 4. The molecular weight excluding hydrogens is 268 g/mol. The summed E-state index contributed by atoms with van der Waals surface area (Å²) in [5.41, 5.74) is 8.78. The van der Waals surface area contributed by atoms with Crippen LogP contribution in [-0.2, 0) is 13.0 Å². The highest BCUT2D eigenvalue weighted by atomic mass is 16.6. The number of aromatic nitrogens is 2. The molecule has 6 nitrogen and oxygen atoms in total. The molecule has 21 heavy (non-hydrogen) atoms. The first-order chi connectivity index (χ1) is 10.1. The minimum Gasteiger partial charge on any atom is -0.369 e. The average Bonchev–Trinajstić information content (AvgIpc) is 2.81. The highest BCUT2D eigenvalue weighted by molar-refractivity contribution is 5.78. The van der Waals surface area contributed by atoms with Crippen molar-refractivity contribution >= 4 is 22.7 Å². The smallest absolute Gasteiger partial charge is 0.269 e. The summed E-state index contributed by atoms with van der Waals surface area (Å²) >= 11 is 0. The van der Waals surface area contributed by atoms with Crippen LogP contribution in [-0.4, -0.2) is 14.5 Å². The van der Waals surface area contributed by atoms with E-state index in [0.717, 1.165) is 16.6 Å². The number of anilines is 1. The van der Waals surface area contributed by atoms with Gasteiger partial charge in [-0.3, -0.25) is 10.1 Å². The summed E-state index contributed by atoms with van der Waals surface area (Å²) in [5.74, 6) is 0.460. The lowest BCUT2D eigenvalue weighted by molar-refractivity contribution is -0.384. The van der Waals surface area contributed by atoms with E-state index in [2.05, 4.69) is 4.98 Å². The van der Waals surface area contributed by atoms with E-state index in [1.165, 1.54) is 6.07 Å². The van der Waals surface area contributed by atoms with Crippen molar-refractivity contribution < 1.29 is 4.92 Å². The summed E-state index contributed by atoms with van der Waals surface area (Å²) in [6.45, 7) is 0.632. The molecule has 3 aromatic rings. The van der Waals surface area contributed by atoms with Crippen LogP contribution in [0.2, 0.25) is 0 Å². The standard InChI is InChI=1S/C15H14N4O2/c16-15-17-13-6-1-2-7-14(13)18(15)9-8-11-4-3-5-12(10-11)19(20)21/h1-7,10H,8-9H2,(H2,16,17). The first kappa shape index (κ1) is 13.1. The molecule has 2 N–H and O–H groups in total. The first-order valence-corrected chi connectivity index (χ1v) is 6.59. The number of para-hydroxylation sites is 2. The number of nitro groups is 1. The lowest BCUT2D eigenvalue weighted by atomic mass is 10.1. The molecule has 0 fully saturated rings. The van der Waals surface area contributed by atoms with Crippen LogP contribution in [0.1, 0.15) is 5.56 Å². The number of nitro benzene ring substituents is 1. The van der Waals surface area contributed by atoms with Gasteiger partial charge < -0.3 is 10.3 Å². The Morgan fingerprint density at radius 3 is 2.81 bits per heavy atom. The van der Waals surface area contributed by atoms with Gasteiger partial charge in [0, 0.05) is 18.7 Å². The molecule has 0 atom stereocenters. The summed E-state index contributed by atoms with van der Waals surface area (Å²) < 4.78 is 1.92. The van der Waals surface area contributed by atoms with Gasteiger partial charge in [0.15, 0.2) is 0 Å². The van der Waals surface area contributed by atoms with Gasteiger partial charge in [-0.2, -0.15) is 0 Å². The number of nitrogens with two attached hydrogens (primary N) is 1. The summed E-state index contributed by atoms with van der Waals surface area (Å²) in [6.07, 6.45) is 0.659. The maximum absolute atomic E-state index is 10.8. The monoisotopic (exact) mass is 282 g/mol. The third-order valence-electron chi connectivity index (χ3n) is 3.43. The predicted octanol–water partition coefficient (Wildman–Crippen LogP) is 2.77. The molecule has 2 aromatic carbocycles. The zero-order valence-corrected chi connectivity index (χ0v) is 11.3. The highest BCUT2D eigenvalue weighted by Gasteiger charge is 2.09. The second-order valence-electron chi connectivity index (χ2n) is 4.79. The van der Waals surface area contributed by atoms with Gasteiger partial charge in [0.25, 0.3) is 5.69 Å². The SMILES string of the molecule is Nc1nc2ccccc2n1CCc1cccc([N+](=O)[O-])c1. The zero-order chi connectivity index (χ0) is 14.8. The molecule has 0 unspecified atom stereocenters. The average molecular weight is 282 g/mol. The van der Waals surface area contributed by atoms with Gasteiger partial charge in [-0.15, -0.1) is 0 Å². The Balaban J connectivity index is 1.85. The molecular formula is C15H14N4O2. The van der Waals surface area contributed by atoms with Crippen molar-refractivity contribution in [2.45, 2.75) is 13.0 Å². The van der Waals surface area contributed by atoms with Crippen LogP contribution in [0.5, 0.6) is 0 Å². The Morgan fingerprint density at radius 2 is 2.00 bits per heavy atom. The Labute approximate surface area is 121 Å². The third-order valence-corrected chi connectivity index (χ3v) is 3.43. The molecule has 0 aliphatic rings. The topological polar surface area (TPSA) is 87.0 Å². The molecule has 1 aromatic heterocycles. The van der Waals surface area contributed by atoms with E-state index in [4.69, 9.17) is 5.73 Å². The van der Waals surface area contributed by atoms with Crippen LogP contribution in [0.25, 0.3) is 11.0 Å². The number of aryl methyl sites for hydroxylation is 2. The van der Waals surface area contributed by atoms with Crippen LogP contribution in [0.3, 0.4) is 0 Å². The first-order valence-electron chi connectivity index (χ1n) is 6.59. The maximum Gasteiger partial charge on any atom is 0.269 e. The molecule has 6 heteroatoms. The Bertz CT molecular complexity index is 810. The van der Waals surface area contributed by atoms with Gasteiger partial charge >= 0.3 is 0 Å². The lowest BCUT2D eigenvalue weighted by Crippen LogP contribution is -2.05. The second kappa shape index (κ2) is 5.24. The number of hydrogen-bond donors (Lipinski definition) is 1. The minimum atomic E-state index is -0.384. The summed E-state index contributed by atoms with van der Waals surface area (Å²) in [6, 6.07) is 14.4. The molecule has 0 saturated heterocycles. The van der Waals surface area contributed by atoms with Gasteiger partial charge in [-0.05, 0) is 24.1 Å². The number of nitrogens with zero attached hydrogens (tertiary/aromatic N) is 3. The summed E-state index contributed by atoms with van der Waals surface area (Å²) in [5, 5.41) is 10.8. The van der Waals surface area contributed by atoms with Gasteiger partial charge in [0.05, 0.1) is 16.0 Å². The molecule has 0 saturated carbocycles. The van der Waals surface area contributed by atoms with Crippen molar-refractivity contribution in [3.05, 3.63) is 64.2 Å². The van der Waals surface area contributed by atoms with Crippen molar-refractivity contribution in [2.75, 3.05) is 5.73 Å². The molecule has 1 heterocycles. The number of benzene rings is 2. The molecule has 0 aliphatic heterocycles. The highest BCUT2D eigenvalue weighted by Crippen LogP contribution is 2.19. The lowest BCUT2D eigenvalue weighted by Gasteiger charge is -2.06. The maximum atomic E-state index is 10.8. The van der Waals surface area contributed by atoms with Crippen molar-refractivity contribution in [3.8, 4) is 0 Å². The van der Waals surface area contributed by atoms with Gasteiger partial charge in [-0.25, -0.2) is 4.98 Å². The summed E-state index contributed by atoms with van der Waals surface area (Å²) in [4.78, 5) is 14.7. The van der Waals surface area contributed by atoms with Crippen molar-refractivity contribution in [3.63, 3.8) is 0 Å². The molecule has 0 radical (unpaired) electrons. The van der Waals surface area contributed by atoms with Gasteiger partial charge in [0.1, 0.15) is 0 Å². The molecule has 106 valence electrons. The molecule has 3 rings (SSSR count). The van der Waals surface area contributed by atoms with E-state index in [1.807, 2.05) is 34.9 Å². The third kappa shape index (κ3) is 2.55. The zero-order valence-electron chi connectivity index (χ0n) is 11.3. The van der Waals surface area contributed by atoms with E-state index in [0.29, 0.717) is 18.9 Å². The number of imidazole rings is 1. The van der Waals surface area contributed by atoms with Crippen LogP contribution >= 0.6 is 0 Å². The number of fused-ring (bicyclic) bond motifs is 1. The van der Waals surface area contributed by atoms with Crippen molar-refractivity contribution in [1.82, 2.24) is 9.55 Å². The van der Waals surface area contributed by atoms with E-state index in [-0.39, 0.29) is 10.6 Å². The fourth-order valence-corrected chi connectivity index (χ4v) is 2.40. The quantitative estimate of drug-likeness (QED) is 0.588. The molecule has 0 amide bonds. The van der Waals surface area contributed by atoms with Crippen LogP contribution < -0.4 is 5.73 Å². The van der Waals surface area contributed by atoms with Crippen LogP contribution in [0.4, 0.5) is 11.6 Å². The van der Waals surface area contributed by atoms with E-state index >= 15 is 0 Å². The normalized spacial score (nSPS) is 10.9. The molecule has 0 bridgehead atoms. The number of non-ortho nitro benzene ring substituents is 1.